The van der Waals surface area contributed by atoms with Crippen molar-refractivity contribution >= 4 is 46.3 Å². The number of rotatable bonds is 9. The van der Waals surface area contributed by atoms with E-state index in [0.29, 0.717) is 29.2 Å². The number of amides is 3. The maximum absolute atomic E-state index is 14.2. The summed E-state index contributed by atoms with van der Waals surface area (Å²) >= 11 is 0.748. The van der Waals surface area contributed by atoms with Crippen molar-refractivity contribution in [2.75, 3.05) is 36.4 Å². The van der Waals surface area contributed by atoms with Gasteiger partial charge in [0.15, 0.2) is 17.2 Å². The van der Waals surface area contributed by atoms with Crippen molar-refractivity contribution < 1.29 is 23.9 Å². The van der Waals surface area contributed by atoms with E-state index in [4.69, 9.17) is 20.9 Å². The second-order valence-electron chi connectivity index (χ2n) is 9.97. The average molecular weight is 553 g/mol. The molecule has 11 nitrogen and oxygen atoms in total. The van der Waals surface area contributed by atoms with Gasteiger partial charge in [0.25, 0.3) is 11.8 Å². The van der Waals surface area contributed by atoms with Gasteiger partial charge in [0.1, 0.15) is 10.9 Å². The summed E-state index contributed by atoms with van der Waals surface area (Å²) in [6.45, 7) is 5.82. The topological polar surface area (TPSA) is 153 Å². The van der Waals surface area contributed by atoms with Gasteiger partial charge >= 0.3 is 0 Å². The summed E-state index contributed by atoms with van der Waals surface area (Å²) in [5.74, 6) is -0.929. The Hall–Kier alpha value is -4.32. The molecule has 4 rings (SSSR count). The first-order chi connectivity index (χ1) is 18.4. The Morgan fingerprint density at radius 1 is 1.08 bits per heavy atom. The molecule has 1 aromatic heterocycles. The number of hydrogen-bond donors (Lipinski definition) is 3. The van der Waals surface area contributed by atoms with E-state index in [1.165, 1.54) is 4.90 Å². The van der Waals surface area contributed by atoms with E-state index in [1.54, 1.807) is 30.3 Å². The highest BCUT2D eigenvalue weighted by Gasteiger charge is 2.38. The molecule has 0 saturated heterocycles. The first-order valence-electron chi connectivity index (χ1n) is 12.3. The van der Waals surface area contributed by atoms with E-state index in [2.05, 4.69) is 9.69 Å². The summed E-state index contributed by atoms with van der Waals surface area (Å²) in [5, 5.41) is 3.07. The Balaban J connectivity index is 1.91. The quantitative estimate of drug-likeness (QED) is 0.365. The standard InChI is InChI=1S/C27H32N6O5S/c1-6-27(2,3)30-25(35)22(15-7-9-16(10-8-15)32(4)5)33(17-11-12-18-19(13-17)38-14-37-18)26(36)23-20(28)21(24(29)34)31-39-23/h7-13,22H,6,14,28H2,1-5H3,(H2,29,34)(H,30,35). The SMILES string of the molecule is CCC(C)(C)NC(=O)C(c1ccc(N(C)C)cc1)N(C(=O)c1snc(C(N)=O)c1N)c1ccc2c(c1)OCO2. The third kappa shape index (κ3) is 5.60. The summed E-state index contributed by atoms with van der Waals surface area (Å²) in [5.41, 5.74) is 12.5. The van der Waals surface area contributed by atoms with Crippen molar-refractivity contribution in [3.05, 3.63) is 58.6 Å². The Bertz CT molecular complexity index is 1400. The van der Waals surface area contributed by atoms with Crippen molar-refractivity contribution in [2.45, 2.75) is 38.8 Å². The highest BCUT2D eigenvalue weighted by atomic mass is 32.1. The molecule has 2 aromatic carbocycles. The van der Waals surface area contributed by atoms with Gasteiger partial charge in [-0.25, -0.2) is 0 Å². The summed E-state index contributed by atoms with van der Waals surface area (Å²) in [6.07, 6.45) is 0.659. The molecule has 0 fully saturated rings. The zero-order valence-corrected chi connectivity index (χ0v) is 23.3. The Kier molecular flexibility index (Phi) is 7.68. The molecule has 206 valence electrons. The normalized spacial score (nSPS) is 13.1. The van der Waals surface area contributed by atoms with Crippen molar-refractivity contribution in [3.8, 4) is 11.5 Å². The van der Waals surface area contributed by atoms with E-state index < -0.39 is 29.3 Å². The lowest BCUT2D eigenvalue weighted by atomic mass is 9.97. The monoisotopic (exact) mass is 552 g/mol. The minimum absolute atomic E-state index is 0.0149. The van der Waals surface area contributed by atoms with Crippen LogP contribution in [0, 0.1) is 0 Å². The van der Waals surface area contributed by atoms with Crippen LogP contribution < -0.4 is 36.1 Å². The van der Waals surface area contributed by atoms with Gasteiger partial charge in [0.05, 0.1) is 5.69 Å². The first kappa shape index (κ1) is 27.7. The number of fused-ring (bicyclic) bond motifs is 1. The van der Waals surface area contributed by atoms with Crippen molar-refractivity contribution in [3.63, 3.8) is 0 Å². The molecule has 2 heterocycles. The lowest BCUT2D eigenvalue weighted by Crippen LogP contribution is -2.50. The molecule has 1 atom stereocenters. The fraction of sp³-hybridized carbons (Fsp3) is 0.333. The maximum Gasteiger partial charge on any atom is 0.273 e. The first-order valence-corrected chi connectivity index (χ1v) is 13.1. The van der Waals surface area contributed by atoms with Gasteiger partial charge < -0.3 is 31.2 Å². The zero-order valence-electron chi connectivity index (χ0n) is 22.5. The second-order valence-corrected chi connectivity index (χ2v) is 10.7. The Morgan fingerprint density at radius 2 is 1.72 bits per heavy atom. The number of ether oxygens (including phenoxy) is 2. The molecule has 0 spiro atoms. The van der Waals surface area contributed by atoms with Crippen molar-refractivity contribution in [1.29, 1.82) is 0 Å². The lowest BCUT2D eigenvalue weighted by molar-refractivity contribution is -0.124. The predicted molar refractivity (Wildman–Crippen MR) is 150 cm³/mol. The fourth-order valence-corrected chi connectivity index (χ4v) is 4.76. The molecule has 39 heavy (non-hydrogen) atoms. The minimum Gasteiger partial charge on any atom is -0.454 e. The number of aromatic nitrogens is 1. The molecule has 0 aliphatic carbocycles. The van der Waals surface area contributed by atoms with E-state index in [0.717, 1.165) is 17.2 Å². The van der Waals surface area contributed by atoms with Gasteiger partial charge in [-0.3, -0.25) is 19.3 Å². The largest absolute Gasteiger partial charge is 0.454 e. The molecule has 0 saturated carbocycles. The summed E-state index contributed by atoms with van der Waals surface area (Å²) in [7, 11) is 3.82. The third-order valence-electron chi connectivity index (χ3n) is 6.59. The van der Waals surface area contributed by atoms with Crippen molar-refractivity contribution in [2.24, 2.45) is 5.73 Å². The zero-order chi connectivity index (χ0) is 28.5. The van der Waals surface area contributed by atoms with Gasteiger partial charge in [0.2, 0.25) is 12.7 Å². The lowest BCUT2D eigenvalue weighted by Gasteiger charge is -2.34. The maximum atomic E-state index is 14.2. The van der Waals surface area contributed by atoms with Gasteiger partial charge in [-0.2, -0.15) is 4.37 Å². The molecule has 0 radical (unpaired) electrons. The molecule has 1 unspecified atom stereocenters. The van der Waals surface area contributed by atoms with Gasteiger partial charge in [-0.15, -0.1) is 0 Å². The number of nitrogens with two attached hydrogens (primary N) is 2. The number of benzene rings is 2. The van der Waals surface area contributed by atoms with Crippen LogP contribution in [-0.4, -0.2) is 48.5 Å². The fourth-order valence-electron chi connectivity index (χ4n) is 4.02. The number of carbonyl (C=O) groups excluding carboxylic acids is 3. The third-order valence-corrected chi connectivity index (χ3v) is 7.44. The molecule has 1 aliphatic heterocycles. The van der Waals surface area contributed by atoms with Gasteiger partial charge in [0, 0.05) is 37.1 Å². The summed E-state index contributed by atoms with van der Waals surface area (Å²) < 4.78 is 15.0. The molecule has 3 aromatic rings. The number of nitrogen functional groups attached to an aromatic ring is 1. The van der Waals surface area contributed by atoms with Crippen LogP contribution in [0.25, 0.3) is 0 Å². The highest BCUT2D eigenvalue weighted by molar-refractivity contribution is 7.09. The highest BCUT2D eigenvalue weighted by Crippen LogP contribution is 2.40. The van der Waals surface area contributed by atoms with E-state index in [-0.39, 0.29) is 23.1 Å². The van der Waals surface area contributed by atoms with Gasteiger partial charge in [-0.1, -0.05) is 19.1 Å². The summed E-state index contributed by atoms with van der Waals surface area (Å²) in [4.78, 5) is 43.3. The minimum atomic E-state index is -1.11. The molecular weight excluding hydrogens is 520 g/mol. The number of carbonyl (C=O) groups is 3. The number of nitrogens with one attached hydrogen (secondary N) is 1. The smallest absolute Gasteiger partial charge is 0.273 e. The number of hydrogen-bond acceptors (Lipinski definition) is 9. The molecule has 5 N–H and O–H groups in total. The molecule has 1 aliphatic rings. The predicted octanol–water partition coefficient (Wildman–Crippen LogP) is 3.31. The van der Waals surface area contributed by atoms with Crippen LogP contribution in [0.2, 0.25) is 0 Å². The number of primary amides is 1. The van der Waals surface area contributed by atoms with Crippen LogP contribution in [0.3, 0.4) is 0 Å². The van der Waals surface area contributed by atoms with Crippen LogP contribution in [-0.2, 0) is 4.79 Å². The van der Waals surface area contributed by atoms with Crippen LogP contribution in [0.1, 0.15) is 59.0 Å². The molecule has 3 amide bonds. The van der Waals surface area contributed by atoms with Crippen LogP contribution in [0.5, 0.6) is 11.5 Å². The van der Waals surface area contributed by atoms with E-state index >= 15 is 0 Å². The van der Waals surface area contributed by atoms with Crippen LogP contribution >= 0.6 is 11.5 Å². The second kappa shape index (κ2) is 10.8. The van der Waals surface area contributed by atoms with Crippen LogP contribution in [0.4, 0.5) is 17.1 Å². The number of nitrogens with zero attached hydrogens (tertiary/aromatic N) is 3. The van der Waals surface area contributed by atoms with Gasteiger partial charge in [-0.05, 0) is 61.6 Å². The van der Waals surface area contributed by atoms with E-state index in [9.17, 15) is 14.4 Å². The molecular formula is C27H32N6O5S. The van der Waals surface area contributed by atoms with E-state index in [1.807, 2.05) is 51.9 Å². The Morgan fingerprint density at radius 3 is 2.31 bits per heavy atom. The van der Waals surface area contributed by atoms with Crippen LogP contribution in [0.15, 0.2) is 42.5 Å². The average Bonchev–Trinajstić information content (AvgIpc) is 3.52. The summed E-state index contributed by atoms with van der Waals surface area (Å²) in [6, 6.07) is 11.2. The number of anilines is 3. The molecule has 0 bridgehead atoms. The Labute approximate surface area is 230 Å². The molecule has 12 heteroatoms. The van der Waals surface area contributed by atoms with Crippen molar-refractivity contribution in [1.82, 2.24) is 9.69 Å².